The smallest absolute Gasteiger partial charge is 0.317 e. The predicted octanol–water partition coefficient (Wildman–Crippen LogP) is 2.83. The Balaban J connectivity index is 1.99. The Morgan fingerprint density at radius 3 is 2.33 bits per heavy atom. The molecule has 2 aliphatic rings. The number of carbonyl (C=O) groups is 1. The molecule has 2 fully saturated rings. The summed E-state index contributed by atoms with van der Waals surface area (Å²) in [6, 6.07) is 0.681. The van der Waals surface area contributed by atoms with E-state index >= 15 is 0 Å². The summed E-state index contributed by atoms with van der Waals surface area (Å²) >= 11 is 1.96. The van der Waals surface area contributed by atoms with E-state index in [-0.39, 0.29) is 23.2 Å². The molecule has 122 valence electrons. The molecule has 2 atom stereocenters. The second kappa shape index (κ2) is 5.99. The van der Waals surface area contributed by atoms with Crippen LogP contribution >= 0.6 is 11.8 Å². The summed E-state index contributed by atoms with van der Waals surface area (Å²) in [5.41, 5.74) is 0.132. The zero-order chi connectivity index (χ0) is 15.8. The van der Waals surface area contributed by atoms with Crippen molar-refractivity contribution in [1.82, 2.24) is 15.5 Å². The number of hydrogen-bond acceptors (Lipinski definition) is 3. The number of piperidine rings is 1. The lowest BCUT2D eigenvalue weighted by Crippen LogP contribution is -2.63. The average Bonchev–Trinajstić information content (AvgIpc) is 2.28. The van der Waals surface area contributed by atoms with Crippen molar-refractivity contribution < 1.29 is 4.79 Å². The molecular formula is C16H31N3OS. The molecule has 0 bridgehead atoms. The van der Waals surface area contributed by atoms with Gasteiger partial charge in [0.15, 0.2) is 0 Å². The molecular weight excluding hydrogens is 282 g/mol. The summed E-state index contributed by atoms with van der Waals surface area (Å²) in [4.78, 5) is 14.6. The van der Waals surface area contributed by atoms with Crippen LogP contribution in [0, 0.1) is 0 Å². The molecule has 4 nitrogen and oxygen atoms in total. The quantitative estimate of drug-likeness (QED) is 0.782. The molecule has 0 radical (unpaired) electrons. The van der Waals surface area contributed by atoms with E-state index in [1.807, 2.05) is 16.7 Å². The van der Waals surface area contributed by atoms with Gasteiger partial charge in [0.1, 0.15) is 0 Å². The van der Waals surface area contributed by atoms with Crippen molar-refractivity contribution in [2.75, 3.05) is 12.3 Å². The van der Waals surface area contributed by atoms with Crippen molar-refractivity contribution in [2.45, 2.75) is 82.8 Å². The third-order valence-electron chi connectivity index (χ3n) is 4.66. The highest BCUT2D eigenvalue weighted by atomic mass is 32.2. The molecule has 0 saturated carbocycles. The molecule has 2 N–H and O–H groups in total. The van der Waals surface area contributed by atoms with Gasteiger partial charge in [-0.3, -0.25) is 0 Å². The van der Waals surface area contributed by atoms with Crippen molar-refractivity contribution in [3.63, 3.8) is 0 Å². The predicted molar refractivity (Wildman–Crippen MR) is 90.9 cm³/mol. The van der Waals surface area contributed by atoms with Gasteiger partial charge in [-0.15, -0.1) is 0 Å². The normalized spacial score (nSPS) is 32.8. The van der Waals surface area contributed by atoms with Crippen LogP contribution in [0.15, 0.2) is 0 Å². The van der Waals surface area contributed by atoms with E-state index in [1.165, 1.54) is 0 Å². The first-order valence-electron chi connectivity index (χ1n) is 8.08. The number of urea groups is 1. The number of hydrogen-bond donors (Lipinski definition) is 2. The number of nitrogens with one attached hydrogen (secondary N) is 2. The third kappa shape index (κ3) is 4.28. The number of amides is 2. The van der Waals surface area contributed by atoms with Crippen LogP contribution in [0.2, 0.25) is 0 Å². The Hall–Kier alpha value is -0.420. The Bertz CT molecular complexity index is 381. The molecule has 2 aliphatic heterocycles. The average molecular weight is 314 g/mol. The fourth-order valence-corrected chi connectivity index (χ4v) is 5.00. The van der Waals surface area contributed by atoms with Gasteiger partial charge >= 0.3 is 6.03 Å². The van der Waals surface area contributed by atoms with Crippen molar-refractivity contribution in [3.8, 4) is 0 Å². The Labute approximate surface area is 133 Å². The summed E-state index contributed by atoms with van der Waals surface area (Å²) in [6.07, 6.45) is 1.96. The number of carbonyl (C=O) groups excluding carboxylic acids is 1. The van der Waals surface area contributed by atoms with Gasteiger partial charge < -0.3 is 15.5 Å². The molecule has 21 heavy (non-hydrogen) atoms. The summed E-state index contributed by atoms with van der Waals surface area (Å²) in [5, 5.41) is 7.47. The number of thioether (sulfide) groups is 1. The fourth-order valence-electron chi connectivity index (χ4n) is 3.90. The van der Waals surface area contributed by atoms with E-state index in [0.717, 1.165) is 25.1 Å². The molecule has 2 amide bonds. The van der Waals surface area contributed by atoms with Crippen molar-refractivity contribution in [3.05, 3.63) is 0 Å². The van der Waals surface area contributed by atoms with E-state index < -0.39 is 0 Å². The highest BCUT2D eigenvalue weighted by Gasteiger charge is 2.39. The molecule has 0 aromatic carbocycles. The summed E-state index contributed by atoms with van der Waals surface area (Å²) < 4.78 is 0. The molecule has 5 heteroatoms. The lowest BCUT2D eigenvalue weighted by Gasteiger charge is -2.47. The maximum absolute atomic E-state index is 12.6. The van der Waals surface area contributed by atoms with Gasteiger partial charge in [-0.2, -0.15) is 11.8 Å². The van der Waals surface area contributed by atoms with Gasteiger partial charge in [0, 0.05) is 40.7 Å². The van der Waals surface area contributed by atoms with Crippen molar-refractivity contribution in [2.24, 2.45) is 0 Å². The van der Waals surface area contributed by atoms with Gasteiger partial charge in [0.2, 0.25) is 0 Å². The maximum Gasteiger partial charge on any atom is 0.317 e. The van der Waals surface area contributed by atoms with Crippen molar-refractivity contribution >= 4 is 17.8 Å². The molecule has 0 unspecified atom stereocenters. The Morgan fingerprint density at radius 2 is 1.76 bits per heavy atom. The van der Waals surface area contributed by atoms with Gasteiger partial charge in [0.25, 0.3) is 0 Å². The zero-order valence-electron chi connectivity index (χ0n) is 14.3. The minimum Gasteiger partial charge on any atom is -0.335 e. The summed E-state index contributed by atoms with van der Waals surface area (Å²) in [5.74, 6) is 1.04. The largest absolute Gasteiger partial charge is 0.335 e. The van der Waals surface area contributed by atoms with Crippen LogP contribution in [0.3, 0.4) is 0 Å². The van der Waals surface area contributed by atoms with E-state index in [0.29, 0.717) is 11.3 Å². The molecule has 0 aliphatic carbocycles. The molecule has 2 heterocycles. The molecule has 0 aromatic heterocycles. The second-order valence-corrected chi connectivity index (χ2v) is 9.44. The van der Waals surface area contributed by atoms with Gasteiger partial charge in [-0.05, 0) is 47.5 Å². The monoisotopic (exact) mass is 313 g/mol. The standard InChI is InChI=1S/C16H31N3OS/c1-11-12(2)21-8-7-19(11)14(20)17-13-9-15(3,4)18-16(5,6)10-13/h11-13,18H,7-10H2,1-6H3,(H,17,20)/t11-,12-/m1/s1. The van der Waals surface area contributed by atoms with E-state index in [9.17, 15) is 4.79 Å². The van der Waals surface area contributed by atoms with E-state index in [4.69, 9.17) is 0 Å². The first kappa shape index (κ1) is 16.9. The SMILES string of the molecule is C[C@@H]1[C@@H](C)SCCN1C(=O)NC1CC(C)(C)NC(C)(C)C1. The van der Waals surface area contributed by atoms with E-state index in [2.05, 4.69) is 52.2 Å². The minimum atomic E-state index is 0.0658. The number of nitrogens with zero attached hydrogens (tertiary/aromatic N) is 1. The highest BCUT2D eigenvalue weighted by molar-refractivity contribution is 8.00. The molecule has 0 spiro atoms. The lowest BCUT2D eigenvalue weighted by molar-refractivity contribution is 0.134. The van der Waals surface area contributed by atoms with Crippen LogP contribution in [0.25, 0.3) is 0 Å². The minimum absolute atomic E-state index is 0.0658. The van der Waals surface area contributed by atoms with Crippen LogP contribution < -0.4 is 10.6 Å². The Morgan fingerprint density at radius 1 is 1.19 bits per heavy atom. The lowest BCUT2D eigenvalue weighted by atomic mass is 9.79. The van der Waals surface area contributed by atoms with Crippen LogP contribution in [0.4, 0.5) is 4.79 Å². The number of rotatable bonds is 1. The van der Waals surface area contributed by atoms with Gasteiger partial charge in [-0.1, -0.05) is 6.92 Å². The van der Waals surface area contributed by atoms with Gasteiger partial charge in [0.05, 0.1) is 0 Å². The first-order valence-corrected chi connectivity index (χ1v) is 9.13. The molecule has 2 saturated heterocycles. The van der Waals surface area contributed by atoms with Crippen LogP contribution in [0.1, 0.15) is 54.4 Å². The molecule has 0 aromatic rings. The van der Waals surface area contributed by atoms with Gasteiger partial charge in [-0.25, -0.2) is 4.79 Å². The van der Waals surface area contributed by atoms with Crippen molar-refractivity contribution in [1.29, 1.82) is 0 Å². The van der Waals surface area contributed by atoms with Crippen LogP contribution in [-0.4, -0.2) is 51.6 Å². The topological polar surface area (TPSA) is 44.4 Å². The summed E-state index contributed by atoms with van der Waals surface area (Å²) in [7, 11) is 0. The molecule has 2 rings (SSSR count). The highest BCUT2D eigenvalue weighted by Crippen LogP contribution is 2.29. The van der Waals surface area contributed by atoms with Crippen LogP contribution in [-0.2, 0) is 0 Å². The Kier molecular flexibility index (Phi) is 4.84. The van der Waals surface area contributed by atoms with Crippen LogP contribution in [0.5, 0.6) is 0 Å². The second-order valence-electron chi connectivity index (χ2n) is 7.96. The fraction of sp³-hybridized carbons (Fsp3) is 0.938. The van der Waals surface area contributed by atoms with E-state index in [1.54, 1.807) is 0 Å². The maximum atomic E-state index is 12.6. The summed E-state index contributed by atoms with van der Waals surface area (Å²) in [6.45, 7) is 14.1. The zero-order valence-corrected chi connectivity index (χ0v) is 15.1. The first-order chi connectivity index (χ1) is 9.60. The third-order valence-corrected chi connectivity index (χ3v) is 6.00.